The van der Waals surface area contributed by atoms with E-state index in [1.807, 2.05) is 36.4 Å². The summed E-state index contributed by atoms with van der Waals surface area (Å²) >= 11 is 0. The van der Waals surface area contributed by atoms with Crippen LogP contribution in [0.15, 0.2) is 36.4 Å². The highest BCUT2D eigenvalue weighted by Crippen LogP contribution is 2.27. The molecule has 1 saturated heterocycles. The summed E-state index contributed by atoms with van der Waals surface area (Å²) in [6.45, 7) is 1.69. The van der Waals surface area contributed by atoms with Gasteiger partial charge < -0.3 is 15.4 Å². The molecule has 0 spiro atoms. The third-order valence-electron chi connectivity index (χ3n) is 3.99. The van der Waals surface area contributed by atoms with Gasteiger partial charge >= 0.3 is 6.09 Å². The second-order valence-corrected chi connectivity index (χ2v) is 5.55. The average molecular weight is 300 g/mol. The fourth-order valence-corrected chi connectivity index (χ4v) is 2.73. The van der Waals surface area contributed by atoms with E-state index < -0.39 is 0 Å². The zero-order chi connectivity index (χ0) is 15.4. The van der Waals surface area contributed by atoms with Crippen molar-refractivity contribution in [3.63, 3.8) is 0 Å². The van der Waals surface area contributed by atoms with Gasteiger partial charge in [-0.25, -0.2) is 4.79 Å². The number of nitrogens with two attached hydrogens (primary N) is 1. The van der Waals surface area contributed by atoms with Crippen molar-refractivity contribution in [2.45, 2.75) is 25.4 Å². The first kappa shape index (κ1) is 14.4. The molecule has 2 aromatic rings. The van der Waals surface area contributed by atoms with Crippen LogP contribution in [-0.4, -0.2) is 34.3 Å². The molecule has 3 N–H and O–H groups in total. The van der Waals surface area contributed by atoms with Crippen LogP contribution in [0.3, 0.4) is 0 Å². The molecule has 1 fully saturated rings. The molecule has 0 aliphatic carbocycles. The second kappa shape index (κ2) is 6.51. The monoisotopic (exact) mass is 300 g/mol. The minimum absolute atomic E-state index is 0.246. The van der Waals surface area contributed by atoms with Gasteiger partial charge in [0.15, 0.2) is 0 Å². The summed E-state index contributed by atoms with van der Waals surface area (Å²) in [6, 6.07) is 11.6. The van der Waals surface area contributed by atoms with Gasteiger partial charge in [-0.3, -0.25) is 5.10 Å². The van der Waals surface area contributed by atoms with Gasteiger partial charge in [0.25, 0.3) is 0 Å². The number of anilines is 1. The standard InChI is InChI=1S/C16H20N4O2/c17-15-10-14(18-19-15)13-6-8-20(9-7-13)16(21)22-11-12-4-2-1-3-5-12/h1-5,10,13H,6-9,11H2,(H3,17,18,19). The molecule has 6 nitrogen and oxygen atoms in total. The summed E-state index contributed by atoms with van der Waals surface area (Å²) in [5.41, 5.74) is 7.63. The van der Waals surface area contributed by atoms with E-state index in [2.05, 4.69) is 10.2 Å². The number of rotatable bonds is 3. The van der Waals surface area contributed by atoms with Crippen LogP contribution in [0.5, 0.6) is 0 Å². The number of aromatic amines is 1. The lowest BCUT2D eigenvalue weighted by Gasteiger charge is -2.30. The molecule has 1 aromatic carbocycles. The van der Waals surface area contributed by atoms with E-state index in [1.54, 1.807) is 4.90 Å². The number of hydrogen-bond donors (Lipinski definition) is 2. The number of H-pyrrole nitrogens is 1. The maximum Gasteiger partial charge on any atom is 0.410 e. The summed E-state index contributed by atoms with van der Waals surface area (Å²) < 4.78 is 5.36. The van der Waals surface area contributed by atoms with Gasteiger partial charge in [-0.15, -0.1) is 0 Å². The minimum atomic E-state index is -0.246. The summed E-state index contributed by atoms with van der Waals surface area (Å²) in [5.74, 6) is 0.937. The molecule has 0 atom stereocenters. The molecule has 2 heterocycles. The maximum absolute atomic E-state index is 12.1. The number of nitrogens with zero attached hydrogens (tertiary/aromatic N) is 2. The van der Waals surface area contributed by atoms with Gasteiger partial charge in [0.1, 0.15) is 12.4 Å². The van der Waals surface area contributed by atoms with Gasteiger partial charge in [-0.2, -0.15) is 5.10 Å². The summed E-state index contributed by atoms with van der Waals surface area (Å²) in [7, 11) is 0. The summed E-state index contributed by atoms with van der Waals surface area (Å²) in [5, 5.41) is 6.96. The Labute approximate surface area is 129 Å². The van der Waals surface area contributed by atoms with E-state index in [1.165, 1.54) is 0 Å². The molecular weight excluding hydrogens is 280 g/mol. The highest BCUT2D eigenvalue weighted by atomic mass is 16.6. The number of nitrogen functional groups attached to an aromatic ring is 1. The van der Waals surface area contributed by atoms with E-state index in [-0.39, 0.29) is 6.09 Å². The Bertz CT molecular complexity index is 618. The number of carbonyl (C=O) groups is 1. The number of carbonyl (C=O) groups excluding carboxylic acids is 1. The first-order valence-corrected chi connectivity index (χ1v) is 7.49. The topological polar surface area (TPSA) is 84.2 Å². The number of likely N-dealkylation sites (tertiary alicyclic amines) is 1. The first-order chi connectivity index (χ1) is 10.7. The molecule has 6 heteroatoms. The highest BCUT2D eigenvalue weighted by Gasteiger charge is 2.26. The number of aromatic nitrogens is 2. The van der Waals surface area contributed by atoms with Crippen LogP contribution < -0.4 is 5.73 Å². The Morgan fingerprint density at radius 3 is 2.68 bits per heavy atom. The van der Waals surface area contributed by atoms with E-state index in [0.29, 0.717) is 31.4 Å². The summed E-state index contributed by atoms with van der Waals surface area (Å²) in [4.78, 5) is 13.8. The molecule has 0 unspecified atom stereocenters. The van der Waals surface area contributed by atoms with Gasteiger partial charge in [0.05, 0.1) is 5.69 Å². The van der Waals surface area contributed by atoms with Crippen molar-refractivity contribution in [2.24, 2.45) is 0 Å². The fourth-order valence-electron chi connectivity index (χ4n) is 2.73. The van der Waals surface area contributed by atoms with Crippen LogP contribution in [0.25, 0.3) is 0 Å². The number of piperidine rings is 1. The van der Waals surface area contributed by atoms with Gasteiger partial charge in [0, 0.05) is 25.1 Å². The van der Waals surface area contributed by atoms with Crippen LogP contribution in [-0.2, 0) is 11.3 Å². The Kier molecular flexibility index (Phi) is 4.27. The quantitative estimate of drug-likeness (QED) is 0.912. The molecule has 1 aromatic heterocycles. The largest absolute Gasteiger partial charge is 0.445 e. The molecular formula is C16H20N4O2. The molecule has 1 aliphatic heterocycles. The van der Waals surface area contributed by atoms with Crippen LogP contribution in [0.4, 0.5) is 10.6 Å². The normalized spacial score (nSPS) is 15.7. The second-order valence-electron chi connectivity index (χ2n) is 5.55. The van der Waals surface area contributed by atoms with Crippen molar-refractivity contribution in [1.82, 2.24) is 15.1 Å². The molecule has 1 amide bonds. The fraction of sp³-hybridized carbons (Fsp3) is 0.375. The van der Waals surface area contributed by atoms with E-state index in [9.17, 15) is 4.79 Å². The van der Waals surface area contributed by atoms with Crippen LogP contribution in [0.1, 0.15) is 30.0 Å². The van der Waals surface area contributed by atoms with E-state index >= 15 is 0 Å². The Hall–Kier alpha value is -2.50. The number of benzene rings is 1. The minimum Gasteiger partial charge on any atom is -0.445 e. The lowest BCUT2D eigenvalue weighted by atomic mass is 9.94. The molecule has 0 bridgehead atoms. The molecule has 22 heavy (non-hydrogen) atoms. The van der Waals surface area contributed by atoms with Crippen LogP contribution >= 0.6 is 0 Å². The predicted molar refractivity (Wildman–Crippen MR) is 83.2 cm³/mol. The van der Waals surface area contributed by atoms with Crippen molar-refractivity contribution in [2.75, 3.05) is 18.8 Å². The maximum atomic E-state index is 12.1. The number of ether oxygens (including phenoxy) is 1. The van der Waals surface area contributed by atoms with Crippen LogP contribution in [0.2, 0.25) is 0 Å². The van der Waals surface area contributed by atoms with Crippen LogP contribution in [0, 0.1) is 0 Å². The number of nitrogens with one attached hydrogen (secondary N) is 1. The van der Waals surface area contributed by atoms with Crippen molar-refractivity contribution in [3.8, 4) is 0 Å². The van der Waals surface area contributed by atoms with Crippen molar-refractivity contribution < 1.29 is 9.53 Å². The lowest BCUT2D eigenvalue weighted by Crippen LogP contribution is -2.38. The third-order valence-corrected chi connectivity index (χ3v) is 3.99. The van der Waals surface area contributed by atoms with E-state index in [4.69, 9.17) is 10.5 Å². The van der Waals surface area contributed by atoms with Crippen molar-refractivity contribution in [3.05, 3.63) is 47.7 Å². The molecule has 116 valence electrons. The highest BCUT2D eigenvalue weighted by molar-refractivity contribution is 5.67. The lowest BCUT2D eigenvalue weighted by molar-refractivity contribution is 0.0868. The summed E-state index contributed by atoms with van der Waals surface area (Å²) in [6.07, 6.45) is 1.51. The zero-order valence-electron chi connectivity index (χ0n) is 12.4. The zero-order valence-corrected chi connectivity index (χ0v) is 12.4. The predicted octanol–water partition coefficient (Wildman–Crippen LogP) is 2.51. The van der Waals surface area contributed by atoms with E-state index in [0.717, 1.165) is 24.1 Å². The number of hydrogen-bond acceptors (Lipinski definition) is 4. The Morgan fingerprint density at radius 1 is 1.32 bits per heavy atom. The van der Waals surface area contributed by atoms with Gasteiger partial charge in [0.2, 0.25) is 0 Å². The molecule has 0 saturated carbocycles. The smallest absolute Gasteiger partial charge is 0.410 e. The van der Waals surface area contributed by atoms with Crippen molar-refractivity contribution in [1.29, 1.82) is 0 Å². The molecule has 0 radical (unpaired) electrons. The molecule has 1 aliphatic rings. The van der Waals surface area contributed by atoms with Crippen molar-refractivity contribution >= 4 is 11.9 Å². The SMILES string of the molecule is Nc1cc(C2CCN(C(=O)OCc3ccccc3)CC2)n[nH]1. The molecule has 3 rings (SSSR count). The third kappa shape index (κ3) is 3.39. The number of amides is 1. The first-order valence-electron chi connectivity index (χ1n) is 7.49. The average Bonchev–Trinajstić information content (AvgIpc) is 3.00. The van der Waals surface area contributed by atoms with Gasteiger partial charge in [-0.05, 0) is 18.4 Å². The Morgan fingerprint density at radius 2 is 2.05 bits per heavy atom. The van der Waals surface area contributed by atoms with Gasteiger partial charge in [-0.1, -0.05) is 30.3 Å². The Balaban J connectivity index is 1.47.